The molecule has 4 rings (SSSR count). The van der Waals surface area contributed by atoms with E-state index in [1.165, 1.54) is 4.90 Å². The molecule has 1 aromatic heterocycles. The summed E-state index contributed by atoms with van der Waals surface area (Å²) in [6.45, 7) is 10.4. The first kappa shape index (κ1) is 29.8. The van der Waals surface area contributed by atoms with E-state index in [0.29, 0.717) is 47.1 Å². The number of carbonyl (C=O) groups is 3. The number of hydrogen-bond acceptors (Lipinski definition) is 9. The van der Waals surface area contributed by atoms with Gasteiger partial charge < -0.3 is 19.3 Å². The van der Waals surface area contributed by atoms with E-state index >= 15 is 0 Å². The number of aliphatic hydroxyl groups excluding tert-OH is 1. The summed E-state index contributed by atoms with van der Waals surface area (Å²) in [4.78, 5) is 45.6. The fourth-order valence-electron chi connectivity index (χ4n) is 4.54. The van der Waals surface area contributed by atoms with Gasteiger partial charge >= 0.3 is 11.9 Å². The molecule has 1 fully saturated rings. The number of thiazole rings is 1. The fraction of sp³-hybridized carbons (Fsp3) is 0.355. The summed E-state index contributed by atoms with van der Waals surface area (Å²) < 4.78 is 16.6. The van der Waals surface area contributed by atoms with Gasteiger partial charge in [-0.15, -0.1) is 0 Å². The number of aromatic nitrogens is 1. The average molecular weight is 579 g/mol. The molecule has 1 N–H and O–H groups in total. The van der Waals surface area contributed by atoms with Crippen LogP contribution < -0.4 is 14.4 Å². The van der Waals surface area contributed by atoms with Crippen LogP contribution in [0.1, 0.15) is 71.7 Å². The zero-order valence-electron chi connectivity index (χ0n) is 23.9. The molecule has 1 atom stereocenters. The van der Waals surface area contributed by atoms with Crippen LogP contribution in [0.4, 0.5) is 5.13 Å². The van der Waals surface area contributed by atoms with Gasteiger partial charge in [0.2, 0.25) is 0 Å². The lowest BCUT2D eigenvalue weighted by Gasteiger charge is -2.23. The molecule has 1 aliphatic rings. The first-order valence-corrected chi connectivity index (χ1v) is 14.4. The summed E-state index contributed by atoms with van der Waals surface area (Å²) in [5.41, 5.74) is 1.96. The van der Waals surface area contributed by atoms with Crippen molar-refractivity contribution < 1.29 is 33.7 Å². The molecule has 9 nitrogen and oxygen atoms in total. The fourth-order valence-corrected chi connectivity index (χ4v) is 5.53. The maximum atomic E-state index is 13.6. The number of rotatable bonds is 11. The number of Topliss-reactive ketones (excluding diaryl/α,β-unsaturated/α-hetero) is 1. The van der Waals surface area contributed by atoms with Crippen LogP contribution in [-0.4, -0.2) is 47.6 Å². The quantitative estimate of drug-likeness (QED) is 0.125. The number of amides is 1. The van der Waals surface area contributed by atoms with E-state index in [1.54, 1.807) is 63.2 Å². The Kier molecular flexibility index (Phi) is 9.44. The number of nitrogens with zero attached hydrogens (tertiary/aromatic N) is 2. The van der Waals surface area contributed by atoms with Crippen LogP contribution in [0.25, 0.3) is 5.76 Å². The first-order valence-electron chi connectivity index (χ1n) is 13.6. The van der Waals surface area contributed by atoms with E-state index in [1.807, 2.05) is 13.8 Å². The number of benzene rings is 2. The molecule has 3 aromatic rings. The second kappa shape index (κ2) is 13.0. The predicted molar refractivity (Wildman–Crippen MR) is 157 cm³/mol. The van der Waals surface area contributed by atoms with Gasteiger partial charge in [0.25, 0.3) is 5.78 Å². The normalized spacial score (nSPS) is 16.2. The van der Waals surface area contributed by atoms with Gasteiger partial charge in [-0.3, -0.25) is 14.5 Å². The van der Waals surface area contributed by atoms with E-state index in [2.05, 4.69) is 4.98 Å². The van der Waals surface area contributed by atoms with Gasteiger partial charge in [0.05, 0.1) is 37.1 Å². The zero-order chi connectivity index (χ0) is 29.7. The smallest absolute Gasteiger partial charge is 0.350 e. The number of esters is 1. The highest BCUT2D eigenvalue weighted by atomic mass is 32.1. The molecular formula is C31H34N2O7S. The highest BCUT2D eigenvalue weighted by molar-refractivity contribution is 7.17. The van der Waals surface area contributed by atoms with E-state index in [0.717, 1.165) is 24.2 Å². The maximum Gasteiger partial charge on any atom is 0.350 e. The van der Waals surface area contributed by atoms with E-state index in [-0.39, 0.29) is 27.9 Å². The van der Waals surface area contributed by atoms with Crippen molar-refractivity contribution in [2.45, 2.75) is 53.5 Å². The van der Waals surface area contributed by atoms with E-state index < -0.39 is 23.7 Å². The van der Waals surface area contributed by atoms with Crippen molar-refractivity contribution in [3.05, 3.63) is 75.3 Å². The maximum absolute atomic E-state index is 13.6. The standard InChI is InChI=1S/C31H34N2O7S/c1-6-15-39-21-11-9-20(10-12-21)25-24(26(34)23-14-13-22(17-18(23)4)40-16-7-2)27(35)29(36)33(25)31-32-19(5)28(41-31)30(37)38-8-3/h9-14,17,25,34H,6-8,15-16H2,1-5H3/b26-24-. The summed E-state index contributed by atoms with van der Waals surface area (Å²) in [5.74, 6) is -1.28. The van der Waals surface area contributed by atoms with E-state index in [9.17, 15) is 19.5 Å². The monoisotopic (exact) mass is 578 g/mol. The molecule has 0 radical (unpaired) electrons. The molecule has 1 saturated heterocycles. The molecule has 0 saturated carbocycles. The number of aliphatic hydroxyl groups is 1. The van der Waals surface area contributed by atoms with Gasteiger partial charge in [-0.25, -0.2) is 9.78 Å². The van der Waals surface area contributed by atoms with Crippen molar-refractivity contribution in [2.75, 3.05) is 24.7 Å². The topological polar surface area (TPSA) is 115 Å². The highest BCUT2D eigenvalue weighted by Crippen LogP contribution is 2.44. The second-order valence-corrected chi connectivity index (χ2v) is 10.5. The summed E-state index contributed by atoms with van der Waals surface area (Å²) in [5, 5.41) is 11.7. The third kappa shape index (κ3) is 6.12. The summed E-state index contributed by atoms with van der Waals surface area (Å²) >= 11 is 0.967. The SMILES string of the molecule is CCCOc1ccc(C2/C(=C(/O)c3ccc(OCCC)cc3C)C(=O)C(=O)N2c2nc(C)c(C(=O)OCC)s2)cc1. The Morgan fingerprint density at radius 2 is 1.61 bits per heavy atom. The van der Waals surface area contributed by atoms with Crippen LogP contribution in [0.3, 0.4) is 0 Å². The molecule has 1 aliphatic heterocycles. The van der Waals surface area contributed by atoms with Crippen molar-refractivity contribution in [1.82, 2.24) is 4.98 Å². The minimum atomic E-state index is -0.994. The summed E-state index contributed by atoms with van der Waals surface area (Å²) in [7, 11) is 0. The third-order valence-electron chi connectivity index (χ3n) is 6.49. The Labute approximate surface area is 243 Å². The molecule has 1 unspecified atom stereocenters. The average Bonchev–Trinajstić information content (AvgIpc) is 3.47. The molecule has 216 valence electrons. The van der Waals surface area contributed by atoms with Gasteiger partial charge in [-0.05, 0) is 75.1 Å². The van der Waals surface area contributed by atoms with Gasteiger partial charge in [-0.2, -0.15) is 0 Å². The number of ketones is 1. The lowest BCUT2D eigenvalue weighted by Crippen LogP contribution is -2.29. The van der Waals surface area contributed by atoms with Crippen LogP contribution >= 0.6 is 11.3 Å². The van der Waals surface area contributed by atoms with Crippen molar-refractivity contribution in [3.63, 3.8) is 0 Å². The van der Waals surface area contributed by atoms with Crippen molar-refractivity contribution in [3.8, 4) is 11.5 Å². The highest BCUT2D eigenvalue weighted by Gasteiger charge is 2.48. The Hall–Kier alpha value is -4.18. The van der Waals surface area contributed by atoms with Crippen molar-refractivity contribution in [2.24, 2.45) is 0 Å². The first-order chi connectivity index (χ1) is 19.7. The number of aryl methyl sites for hydroxylation is 2. The van der Waals surface area contributed by atoms with Gasteiger partial charge in [0.15, 0.2) is 5.13 Å². The second-order valence-electron chi connectivity index (χ2n) is 9.54. The molecule has 2 aromatic carbocycles. The number of carbonyl (C=O) groups excluding carboxylic acids is 3. The van der Waals surface area contributed by atoms with Crippen LogP contribution in [-0.2, 0) is 14.3 Å². The van der Waals surface area contributed by atoms with E-state index in [4.69, 9.17) is 14.2 Å². The minimum Gasteiger partial charge on any atom is -0.507 e. The van der Waals surface area contributed by atoms with Crippen LogP contribution in [0, 0.1) is 13.8 Å². The van der Waals surface area contributed by atoms with Crippen molar-refractivity contribution >= 4 is 39.9 Å². The number of anilines is 1. The van der Waals surface area contributed by atoms with Crippen LogP contribution in [0.5, 0.6) is 11.5 Å². The predicted octanol–water partition coefficient (Wildman–Crippen LogP) is 6.14. The van der Waals surface area contributed by atoms with Crippen LogP contribution in [0.2, 0.25) is 0 Å². The van der Waals surface area contributed by atoms with Gasteiger partial charge in [0.1, 0.15) is 22.1 Å². The molecule has 2 heterocycles. The van der Waals surface area contributed by atoms with Gasteiger partial charge in [-0.1, -0.05) is 37.3 Å². The Morgan fingerprint density at radius 1 is 0.976 bits per heavy atom. The Bertz CT molecular complexity index is 1480. The number of hydrogen-bond donors (Lipinski definition) is 1. The summed E-state index contributed by atoms with van der Waals surface area (Å²) in [6, 6.07) is 11.2. The molecule has 1 amide bonds. The third-order valence-corrected chi connectivity index (χ3v) is 7.63. The van der Waals surface area contributed by atoms with Crippen molar-refractivity contribution in [1.29, 1.82) is 0 Å². The lowest BCUT2D eigenvalue weighted by molar-refractivity contribution is -0.132. The molecule has 41 heavy (non-hydrogen) atoms. The number of ether oxygens (including phenoxy) is 3. The summed E-state index contributed by atoms with van der Waals surface area (Å²) in [6.07, 6.45) is 1.69. The molecule has 0 aliphatic carbocycles. The largest absolute Gasteiger partial charge is 0.507 e. The van der Waals surface area contributed by atoms with Gasteiger partial charge in [0, 0.05) is 5.56 Å². The Morgan fingerprint density at radius 3 is 2.22 bits per heavy atom. The molecule has 0 spiro atoms. The molecular weight excluding hydrogens is 544 g/mol. The molecule has 10 heteroatoms. The zero-order valence-corrected chi connectivity index (χ0v) is 24.7. The Balaban J connectivity index is 1.86. The molecule has 0 bridgehead atoms. The van der Waals surface area contributed by atoms with Crippen LogP contribution in [0.15, 0.2) is 48.0 Å². The minimum absolute atomic E-state index is 0.0758. The lowest BCUT2D eigenvalue weighted by atomic mass is 9.94.